The van der Waals surface area contributed by atoms with E-state index in [0.717, 1.165) is 44.7 Å². The second-order valence-electron chi connectivity index (χ2n) is 10.4. The van der Waals surface area contributed by atoms with Crippen LogP contribution in [0.15, 0.2) is 108 Å². The third-order valence-corrected chi connectivity index (χ3v) is 8.10. The van der Waals surface area contributed by atoms with Crippen LogP contribution in [-0.2, 0) is 32.2 Å². The molecule has 0 radical (unpaired) electrons. The summed E-state index contributed by atoms with van der Waals surface area (Å²) in [5.41, 5.74) is 6.64. The molecule has 0 fully saturated rings. The van der Waals surface area contributed by atoms with Gasteiger partial charge in [0.2, 0.25) is 0 Å². The summed E-state index contributed by atoms with van der Waals surface area (Å²) in [6.45, 7) is 0. The molecule has 5 aromatic carbocycles. The van der Waals surface area contributed by atoms with Gasteiger partial charge in [0.15, 0.2) is 0 Å². The number of ether oxygens (including phenoxy) is 2. The average molecular weight is 709 g/mol. The summed E-state index contributed by atoms with van der Waals surface area (Å²) in [5.74, 6) is 1.84. The summed E-state index contributed by atoms with van der Waals surface area (Å²) >= 11 is 0. The zero-order chi connectivity index (χ0) is 26.2. The molecule has 0 amide bonds. The number of aliphatic imine (C=N–C) groups is 1. The van der Waals surface area contributed by atoms with E-state index in [0.29, 0.717) is 17.4 Å². The fourth-order valence-corrected chi connectivity index (χ4v) is 6.32. The van der Waals surface area contributed by atoms with Crippen molar-refractivity contribution in [1.82, 2.24) is 4.40 Å². The van der Waals surface area contributed by atoms with Gasteiger partial charge in [-0.3, -0.25) is 4.99 Å². The van der Waals surface area contributed by atoms with Crippen molar-refractivity contribution in [1.29, 1.82) is 0 Å². The van der Waals surface area contributed by atoms with Gasteiger partial charge in [-0.15, -0.1) is 64.8 Å². The number of rotatable bonds is 3. The van der Waals surface area contributed by atoms with E-state index >= 15 is 0 Å². The van der Waals surface area contributed by atoms with Crippen LogP contribution in [0.5, 0.6) is 11.5 Å². The first-order valence-corrected chi connectivity index (χ1v) is 13.5. The van der Waals surface area contributed by atoms with E-state index in [1.807, 2.05) is 30.3 Å². The molecule has 2 aromatic heterocycles. The topological polar surface area (TPSA) is 35.2 Å². The number of hydrogen-bond acceptors (Lipinski definition) is 3. The number of benzene rings is 5. The van der Waals surface area contributed by atoms with Crippen LogP contribution in [0.25, 0.3) is 38.1 Å². The second kappa shape index (κ2) is 9.33. The molecule has 0 saturated heterocycles. The largest absolute Gasteiger partial charge is 0.514 e. The van der Waals surface area contributed by atoms with Crippen LogP contribution in [0.2, 0.25) is 0 Å². The maximum Gasteiger partial charge on any atom is 0.131 e. The first-order chi connectivity index (χ1) is 19.8. The van der Waals surface area contributed by atoms with Crippen molar-refractivity contribution in [3.8, 4) is 11.5 Å². The van der Waals surface area contributed by atoms with Crippen molar-refractivity contribution in [3.05, 3.63) is 138 Å². The molecule has 200 valence electrons. The number of fused-ring (bicyclic) bond motifs is 11. The Morgan fingerprint density at radius 1 is 0.732 bits per heavy atom. The van der Waals surface area contributed by atoms with Crippen LogP contribution in [0.1, 0.15) is 22.7 Å². The van der Waals surface area contributed by atoms with E-state index in [2.05, 4.69) is 95.4 Å². The first-order valence-electron chi connectivity index (χ1n) is 13.5. The summed E-state index contributed by atoms with van der Waals surface area (Å²) in [5, 5.41) is 4.33. The zero-order valence-electron chi connectivity index (χ0n) is 21.7. The molecule has 0 spiro atoms. The third kappa shape index (κ3) is 3.74. The molecule has 2 atom stereocenters. The molecular formula is C36H21N2O2Pt-3. The predicted molar refractivity (Wildman–Crippen MR) is 157 cm³/mol. The number of pyridine rings is 1. The van der Waals surface area contributed by atoms with Gasteiger partial charge in [-0.05, 0) is 28.1 Å². The SMILES string of the molecule is [Pt].[c-]1c(Oc2[c-]c3c(cc2)c2ccccc2n2c3[c-]c3ccccc32)cccc1C1=N[C@H]2c3ccccc3C[C@H]2O1. The number of nitrogens with zero attached hydrogens (tertiary/aromatic N) is 2. The molecular weight excluding hydrogens is 687 g/mol. The van der Waals surface area contributed by atoms with Crippen molar-refractivity contribution < 1.29 is 30.5 Å². The quantitative estimate of drug-likeness (QED) is 0.138. The monoisotopic (exact) mass is 708 g/mol. The van der Waals surface area contributed by atoms with Gasteiger partial charge in [0.1, 0.15) is 18.0 Å². The Labute approximate surface area is 251 Å². The van der Waals surface area contributed by atoms with Gasteiger partial charge in [0.25, 0.3) is 0 Å². The van der Waals surface area contributed by atoms with E-state index in [9.17, 15) is 0 Å². The molecule has 9 rings (SSSR count). The summed E-state index contributed by atoms with van der Waals surface area (Å²) in [6, 6.07) is 45.8. The Kier molecular flexibility index (Phi) is 5.55. The van der Waals surface area contributed by atoms with Gasteiger partial charge < -0.3 is 13.9 Å². The summed E-state index contributed by atoms with van der Waals surface area (Å²) in [4.78, 5) is 4.93. The van der Waals surface area contributed by atoms with Crippen molar-refractivity contribution in [2.24, 2.45) is 4.99 Å². The van der Waals surface area contributed by atoms with E-state index in [1.54, 1.807) is 0 Å². The molecule has 4 nitrogen and oxygen atoms in total. The van der Waals surface area contributed by atoms with E-state index in [-0.39, 0.29) is 33.2 Å². The smallest absolute Gasteiger partial charge is 0.131 e. The second-order valence-corrected chi connectivity index (χ2v) is 10.4. The minimum Gasteiger partial charge on any atom is -0.514 e. The van der Waals surface area contributed by atoms with Crippen LogP contribution >= 0.6 is 0 Å². The van der Waals surface area contributed by atoms with Gasteiger partial charge in [-0.25, -0.2) is 0 Å². The average Bonchev–Trinajstić information content (AvgIpc) is 3.69. The van der Waals surface area contributed by atoms with Gasteiger partial charge in [0.05, 0.1) is 0 Å². The maximum absolute atomic E-state index is 6.33. The molecule has 5 heteroatoms. The van der Waals surface area contributed by atoms with Crippen molar-refractivity contribution >= 4 is 44.0 Å². The zero-order valence-corrected chi connectivity index (χ0v) is 24.0. The number of aromatic nitrogens is 1. The molecule has 41 heavy (non-hydrogen) atoms. The minimum atomic E-state index is 0. The molecule has 2 aliphatic rings. The van der Waals surface area contributed by atoms with Gasteiger partial charge >= 0.3 is 0 Å². The third-order valence-electron chi connectivity index (χ3n) is 8.10. The maximum atomic E-state index is 6.33. The van der Waals surface area contributed by atoms with Crippen LogP contribution in [0.3, 0.4) is 0 Å². The summed E-state index contributed by atoms with van der Waals surface area (Å²) in [7, 11) is 0. The van der Waals surface area contributed by atoms with Crippen LogP contribution in [0.4, 0.5) is 0 Å². The Morgan fingerprint density at radius 2 is 1.54 bits per heavy atom. The number of hydrogen-bond donors (Lipinski definition) is 0. The van der Waals surface area contributed by atoms with E-state index in [4.69, 9.17) is 14.5 Å². The van der Waals surface area contributed by atoms with Crippen LogP contribution < -0.4 is 4.74 Å². The molecule has 1 aliphatic carbocycles. The van der Waals surface area contributed by atoms with Crippen molar-refractivity contribution in [2.45, 2.75) is 18.6 Å². The fourth-order valence-electron chi connectivity index (χ4n) is 6.32. The normalized spacial score (nSPS) is 17.3. The van der Waals surface area contributed by atoms with Gasteiger partial charge in [-0.1, -0.05) is 66.2 Å². The molecule has 3 heterocycles. The molecule has 0 bridgehead atoms. The summed E-state index contributed by atoms with van der Waals surface area (Å²) in [6.07, 6.45) is 0.926. The van der Waals surface area contributed by atoms with Gasteiger partial charge in [0, 0.05) is 44.5 Å². The number of para-hydroxylation sites is 2. The Morgan fingerprint density at radius 3 is 2.49 bits per heavy atom. The molecule has 0 unspecified atom stereocenters. The molecule has 0 saturated carbocycles. The predicted octanol–water partition coefficient (Wildman–Crippen LogP) is 8.03. The van der Waals surface area contributed by atoms with E-state index in [1.165, 1.54) is 16.5 Å². The molecule has 7 aromatic rings. The van der Waals surface area contributed by atoms with Crippen molar-refractivity contribution in [2.75, 3.05) is 0 Å². The standard InChI is InChI=1S/C36H21N2O2.Pt/c1-3-12-27-22(8-1)20-34-35(27)37-36(40-34)24-10-7-11-25(18-24)39-26-16-17-28-29-13-4-6-15-32(29)38-31-14-5-2-9-23(31)19-33(38)30(28)21-26;/h1-17,34-35H,20H2;/q-3;/t34-,35+;/m1./s1. The Bertz CT molecular complexity index is 2180. The van der Waals surface area contributed by atoms with Gasteiger partial charge in [-0.2, -0.15) is 11.5 Å². The fraction of sp³-hybridized carbons (Fsp3) is 0.0833. The first kappa shape index (κ1) is 24.4. The Hall–Kier alpha value is -4.40. The minimum absolute atomic E-state index is 0. The van der Waals surface area contributed by atoms with Crippen molar-refractivity contribution in [3.63, 3.8) is 0 Å². The van der Waals surface area contributed by atoms with E-state index < -0.39 is 0 Å². The van der Waals surface area contributed by atoms with Crippen LogP contribution in [-0.4, -0.2) is 16.4 Å². The van der Waals surface area contributed by atoms with Crippen LogP contribution in [0, 0.1) is 18.2 Å². The Balaban J connectivity index is 0.00000256. The molecule has 0 N–H and O–H groups in total. The summed E-state index contributed by atoms with van der Waals surface area (Å²) < 4.78 is 14.9. The molecule has 1 aliphatic heterocycles.